The molecule has 4 nitrogen and oxygen atoms in total. The van der Waals surface area contributed by atoms with E-state index in [2.05, 4.69) is 30.2 Å². The molecule has 2 rings (SSSR count). The van der Waals surface area contributed by atoms with E-state index in [4.69, 9.17) is 9.47 Å². The molecule has 112 valence electrons. The number of rotatable bonds is 7. The Bertz CT molecular complexity index is 556. The van der Waals surface area contributed by atoms with Crippen LogP contribution in [-0.2, 0) is 13.2 Å². The summed E-state index contributed by atoms with van der Waals surface area (Å²) in [6.45, 7) is 5.58. The summed E-state index contributed by atoms with van der Waals surface area (Å²) >= 11 is 0. The van der Waals surface area contributed by atoms with E-state index in [-0.39, 0.29) is 0 Å². The van der Waals surface area contributed by atoms with Gasteiger partial charge in [-0.05, 0) is 35.4 Å². The van der Waals surface area contributed by atoms with Crippen molar-refractivity contribution in [3.8, 4) is 11.5 Å². The van der Waals surface area contributed by atoms with Crippen molar-refractivity contribution >= 4 is 0 Å². The molecular formula is C17H22N2O2. The molecule has 0 bridgehead atoms. The fraction of sp³-hybridized carbons (Fsp3) is 0.353. The van der Waals surface area contributed by atoms with E-state index in [9.17, 15) is 0 Å². The monoisotopic (exact) mass is 286 g/mol. The van der Waals surface area contributed by atoms with Crippen molar-refractivity contribution < 1.29 is 9.47 Å². The SMILES string of the molecule is COc1cc(CNC(C)C)ccc1OCc1ccncc1. The number of nitrogens with zero attached hydrogens (tertiary/aromatic N) is 1. The zero-order chi connectivity index (χ0) is 15.1. The first-order chi connectivity index (χ1) is 10.2. The summed E-state index contributed by atoms with van der Waals surface area (Å²) in [5.74, 6) is 1.51. The maximum atomic E-state index is 5.82. The predicted molar refractivity (Wildman–Crippen MR) is 83.5 cm³/mol. The number of ether oxygens (including phenoxy) is 2. The van der Waals surface area contributed by atoms with E-state index in [1.807, 2.05) is 24.3 Å². The van der Waals surface area contributed by atoms with Crippen molar-refractivity contribution in [1.29, 1.82) is 0 Å². The van der Waals surface area contributed by atoms with Crippen molar-refractivity contribution in [1.82, 2.24) is 10.3 Å². The lowest BCUT2D eigenvalue weighted by atomic mass is 10.2. The highest BCUT2D eigenvalue weighted by Crippen LogP contribution is 2.28. The number of aromatic nitrogens is 1. The van der Waals surface area contributed by atoms with Gasteiger partial charge in [-0.1, -0.05) is 19.9 Å². The van der Waals surface area contributed by atoms with Crippen LogP contribution in [0.5, 0.6) is 11.5 Å². The third-order valence-corrected chi connectivity index (χ3v) is 3.09. The van der Waals surface area contributed by atoms with Gasteiger partial charge in [-0.2, -0.15) is 0 Å². The van der Waals surface area contributed by atoms with E-state index in [0.717, 1.165) is 23.6 Å². The molecule has 0 unspecified atom stereocenters. The first kappa shape index (κ1) is 15.3. The van der Waals surface area contributed by atoms with Crippen LogP contribution >= 0.6 is 0 Å². The van der Waals surface area contributed by atoms with E-state index in [0.29, 0.717) is 12.6 Å². The molecule has 0 fully saturated rings. The Morgan fingerprint density at radius 1 is 1.05 bits per heavy atom. The van der Waals surface area contributed by atoms with Crippen LogP contribution in [0, 0.1) is 0 Å². The average Bonchev–Trinajstić information content (AvgIpc) is 2.52. The molecule has 0 aliphatic heterocycles. The van der Waals surface area contributed by atoms with Gasteiger partial charge in [-0.25, -0.2) is 0 Å². The fourth-order valence-electron chi connectivity index (χ4n) is 1.90. The Balaban J connectivity index is 2.02. The number of pyridine rings is 1. The van der Waals surface area contributed by atoms with Gasteiger partial charge in [0.15, 0.2) is 11.5 Å². The summed E-state index contributed by atoms with van der Waals surface area (Å²) in [7, 11) is 1.66. The van der Waals surface area contributed by atoms with Gasteiger partial charge in [-0.15, -0.1) is 0 Å². The lowest BCUT2D eigenvalue weighted by Gasteiger charge is -2.13. The molecule has 0 radical (unpaired) electrons. The van der Waals surface area contributed by atoms with Crippen molar-refractivity contribution in [2.75, 3.05) is 7.11 Å². The minimum Gasteiger partial charge on any atom is -0.493 e. The standard InChI is InChI=1S/C17H22N2O2/c1-13(2)19-11-15-4-5-16(17(10-15)20-3)21-12-14-6-8-18-9-7-14/h4-10,13,19H,11-12H2,1-3H3. The van der Waals surface area contributed by atoms with E-state index in [1.165, 1.54) is 5.56 Å². The minimum atomic E-state index is 0.457. The normalized spacial score (nSPS) is 10.7. The van der Waals surface area contributed by atoms with E-state index in [1.54, 1.807) is 19.5 Å². The zero-order valence-corrected chi connectivity index (χ0v) is 12.8. The first-order valence-corrected chi connectivity index (χ1v) is 7.11. The number of benzene rings is 1. The summed E-state index contributed by atoms with van der Waals surface area (Å²) in [5.41, 5.74) is 2.26. The van der Waals surface area contributed by atoms with Crippen molar-refractivity contribution in [3.05, 3.63) is 53.9 Å². The summed E-state index contributed by atoms with van der Waals surface area (Å²) in [4.78, 5) is 3.99. The molecule has 1 aromatic carbocycles. The molecule has 0 aliphatic carbocycles. The third kappa shape index (κ3) is 4.76. The van der Waals surface area contributed by atoms with Crippen LogP contribution in [0.2, 0.25) is 0 Å². The lowest BCUT2D eigenvalue weighted by Crippen LogP contribution is -2.21. The molecule has 0 saturated carbocycles. The number of hydrogen-bond acceptors (Lipinski definition) is 4. The predicted octanol–water partition coefficient (Wildman–Crippen LogP) is 3.17. The molecule has 0 aliphatic rings. The van der Waals surface area contributed by atoms with Crippen LogP contribution in [0.3, 0.4) is 0 Å². The second-order valence-corrected chi connectivity index (χ2v) is 5.16. The van der Waals surface area contributed by atoms with Gasteiger partial charge >= 0.3 is 0 Å². The van der Waals surface area contributed by atoms with Crippen LogP contribution in [0.1, 0.15) is 25.0 Å². The second kappa shape index (κ2) is 7.64. The molecule has 1 heterocycles. The first-order valence-electron chi connectivity index (χ1n) is 7.11. The van der Waals surface area contributed by atoms with Gasteiger partial charge in [0.2, 0.25) is 0 Å². The van der Waals surface area contributed by atoms with Gasteiger partial charge < -0.3 is 14.8 Å². The van der Waals surface area contributed by atoms with Crippen LogP contribution in [0.4, 0.5) is 0 Å². The summed E-state index contributed by atoms with van der Waals surface area (Å²) in [5, 5.41) is 3.39. The Hall–Kier alpha value is -2.07. The number of hydrogen-bond donors (Lipinski definition) is 1. The highest BCUT2D eigenvalue weighted by atomic mass is 16.5. The van der Waals surface area contributed by atoms with Crippen LogP contribution in [0.15, 0.2) is 42.7 Å². The third-order valence-electron chi connectivity index (χ3n) is 3.09. The molecule has 21 heavy (non-hydrogen) atoms. The number of methoxy groups -OCH3 is 1. The smallest absolute Gasteiger partial charge is 0.161 e. The molecule has 4 heteroatoms. The highest BCUT2D eigenvalue weighted by molar-refractivity contribution is 5.43. The molecule has 0 spiro atoms. The van der Waals surface area contributed by atoms with Gasteiger partial charge in [-0.3, -0.25) is 4.98 Å². The lowest BCUT2D eigenvalue weighted by molar-refractivity contribution is 0.284. The van der Waals surface area contributed by atoms with Crippen LogP contribution in [0.25, 0.3) is 0 Å². The molecule has 0 amide bonds. The summed E-state index contributed by atoms with van der Waals surface area (Å²) in [6.07, 6.45) is 3.52. The van der Waals surface area contributed by atoms with Gasteiger partial charge in [0.05, 0.1) is 7.11 Å². The van der Waals surface area contributed by atoms with Crippen LogP contribution in [-0.4, -0.2) is 18.1 Å². The largest absolute Gasteiger partial charge is 0.493 e. The Kier molecular flexibility index (Phi) is 5.58. The highest BCUT2D eigenvalue weighted by Gasteiger charge is 2.06. The topological polar surface area (TPSA) is 43.4 Å². The van der Waals surface area contributed by atoms with Crippen molar-refractivity contribution in [2.45, 2.75) is 33.0 Å². The maximum absolute atomic E-state index is 5.82. The molecule has 0 atom stereocenters. The van der Waals surface area contributed by atoms with Gasteiger partial charge in [0.25, 0.3) is 0 Å². The fourth-order valence-corrected chi connectivity index (χ4v) is 1.90. The summed E-state index contributed by atoms with van der Waals surface area (Å²) < 4.78 is 11.2. The molecule has 1 aromatic heterocycles. The van der Waals surface area contributed by atoms with Gasteiger partial charge in [0, 0.05) is 25.0 Å². The summed E-state index contributed by atoms with van der Waals surface area (Å²) in [6, 6.07) is 10.4. The molecular weight excluding hydrogens is 264 g/mol. The van der Waals surface area contributed by atoms with Crippen molar-refractivity contribution in [3.63, 3.8) is 0 Å². The minimum absolute atomic E-state index is 0.457. The van der Waals surface area contributed by atoms with Crippen molar-refractivity contribution in [2.24, 2.45) is 0 Å². The zero-order valence-electron chi connectivity index (χ0n) is 12.8. The second-order valence-electron chi connectivity index (χ2n) is 5.16. The molecule has 1 N–H and O–H groups in total. The molecule has 2 aromatic rings. The van der Waals surface area contributed by atoms with E-state index < -0.39 is 0 Å². The molecule has 0 saturated heterocycles. The average molecular weight is 286 g/mol. The Morgan fingerprint density at radius 3 is 2.48 bits per heavy atom. The maximum Gasteiger partial charge on any atom is 0.161 e. The van der Waals surface area contributed by atoms with Gasteiger partial charge in [0.1, 0.15) is 6.61 Å². The Morgan fingerprint density at radius 2 is 1.81 bits per heavy atom. The van der Waals surface area contributed by atoms with Crippen LogP contribution < -0.4 is 14.8 Å². The quantitative estimate of drug-likeness (QED) is 0.849. The Labute approximate surface area is 126 Å². The van der Waals surface area contributed by atoms with E-state index >= 15 is 0 Å². The number of nitrogens with one attached hydrogen (secondary N) is 1.